The molecule has 110 valence electrons. The molecule has 0 bridgehead atoms. The first-order valence-corrected chi connectivity index (χ1v) is 6.96. The lowest BCUT2D eigenvalue weighted by Crippen LogP contribution is -2.48. The van der Waals surface area contributed by atoms with Gasteiger partial charge < -0.3 is 10.1 Å². The van der Waals surface area contributed by atoms with Crippen molar-refractivity contribution in [2.75, 3.05) is 26.2 Å². The van der Waals surface area contributed by atoms with Gasteiger partial charge in [-0.1, -0.05) is 0 Å². The Morgan fingerprint density at radius 2 is 2.35 bits per heavy atom. The van der Waals surface area contributed by atoms with E-state index in [1.165, 1.54) is 6.07 Å². The highest BCUT2D eigenvalue weighted by Crippen LogP contribution is 2.26. The quantitative estimate of drug-likeness (QED) is 0.657. The van der Waals surface area contributed by atoms with Crippen LogP contribution >= 0.6 is 0 Å². The van der Waals surface area contributed by atoms with Crippen LogP contribution in [0.1, 0.15) is 19.4 Å². The number of hydrogen-bond donors (Lipinski definition) is 1. The van der Waals surface area contributed by atoms with Crippen molar-refractivity contribution in [3.63, 3.8) is 0 Å². The summed E-state index contributed by atoms with van der Waals surface area (Å²) in [6, 6.07) is 5.26. The second kappa shape index (κ2) is 6.67. The monoisotopic (exact) mass is 279 g/mol. The highest BCUT2D eigenvalue weighted by atomic mass is 16.6. The molecule has 1 unspecified atom stereocenters. The average molecular weight is 279 g/mol. The molecule has 1 aliphatic heterocycles. The second-order valence-electron chi connectivity index (χ2n) is 5.07. The van der Waals surface area contributed by atoms with Crippen molar-refractivity contribution >= 4 is 5.69 Å². The molecule has 6 heteroatoms. The summed E-state index contributed by atoms with van der Waals surface area (Å²) in [5.74, 6) is 0.740. The Bertz CT molecular complexity index is 479. The number of hydrogen-bond acceptors (Lipinski definition) is 5. The van der Waals surface area contributed by atoms with Gasteiger partial charge >= 0.3 is 0 Å². The van der Waals surface area contributed by atoms with E-state index in [-0.39, 0.29) is 10.6 Å². The van der Waals surface area contributed by atoms with Crippen LogP contribution in [0.3, 0.4) is 0 Å². The first-order valence-electron chi connectivity index (χ1n) is 6.96. The predicted molar refractivity (Wildman–Crippen MR) is 77.0 cm³/mol. The predicted octanol–water partition coefficient (Wildman–Crippen LogP) is 1.79. The van der Waals surface area contributed by atoms with E-state index >= 15 is 0 Å². The minimum atomic E-state index is -0.361. The minimum Gasteiger partial charge on any atom is -0.494 e. The van der Waals surface area contributed by atoms with Crippen LogP contribution in [-0.2, 0) is 6.54 Å². The van der Waals surface area contributed by atoms with Crippen LogP contribution < -0.4 is 10.1 Å². The summed E-state index contributed by atoms with van der Waals surface area (Å²) in [5, 5.41) is 14.3. The van der Waals surface area contributed by atoms with Gasteiger partial charge in [0.2, 0.25) is 0 Å². The number of ether oxygens (including phenoxy) is 1. The number of nitro groups is 1. The molecular formula is C14H21N3O3. The lowest BCUT2D eigenvalue weighted by Gasteiger charge is -2.32. The Balaban J connectivity index is 2.18. The summed E-state index contributed by atoms with van der Waals surface area (Å²) in [6.45, 7) is 8.12. The summed E-state index contributed by atoms with van der Waals surface area (Å²) in [7, 11) is 0. The Morgan fingerprint density at radius 1 is 1.55 bits per heavy atom. The SMILES string of the molecule is CCOc1ccc([N+](=O)[O-])cc1CN1CCNC(C)C1. The second-order valence-corrected chi connectivity index (χ2v) is 5.07. The topological polar surface area (TPSA) is 67.6 Å². The first-order chi connectivity index (χ1) is 9.60. The molecule has 0 spiro atoms. The number of nitrogens with one attached hydrogen (secondary N) is 1. The number of non-ortho nitro benzene ring substituents is 1. The van der Waals surface area contributed by atoms with Crippen LogP contribution in [0.4, 0.5) is 5.69 Å². The van der Waals surface area contributed by atoms with E-state index in [0.29, 0.717) is 19.2 Å². The van der Waals surface area contributed by atoms with Gasteiger partial charge in [0, 0.05) is 49.9 Å². The normalized spacial score (nSPS) is 19.8. The maximum atomic E-state index is 10.9. The third kappa shape index (κ3) is 3.68. The van der Waals surface area contributed by atoms with Gasteiger partial charge in [0.25, 0.3) is 5.69 Å². The average Bonchev–Trinajstić information content (AvgIpc) is 2.41. The Morgan fingerprint density at radius 3 is 3.00 bits per heavy atom. The van der Waals surface area contributed by atoms with Crippen LogP contribution in [-0.4, -0.2) is 42.1 Å². The van der Waals surface area contributed by atoms with Gasteiger partial charge in [-0.2, -0.15) is 0 Å². The molecule has 0 radical (unpaired) electrons. The molecule has 20 heavy (non-hydrogen) atoms. The summed E-state index contributed by atoms with van der Waals surface area (Å²) in [6.07, 6.45) is 0. The van der Waals surface area contributed by atoms with Gasteiger partial charge in [-0.3, -0.25) is 15.0 Å². The van der Waals surface area contributed by atoms with Crippen molar-refractivity contribution in [2.45, 2.75) is 26.4 Å². The summed E-state index contributed by atoms with van der Waals surface area (Å²) >= 11 is 0. The Labute approximate surface area is 118 Å². The molecule has 0 aromatic heterocycles. The molecule has 0 aliphatic carbocycles. The van der Waals surface area contributed by atoms with E-state index in [2.05, 4.69) is 17.1 Å². The smallest absolute Gasteiger partial charge is 0.270 e. The third-order valence-electron chi connectivity index (χ3n) is 3.40. The minimum absolute atomic E-state index is 0.117. The van der Waals surface area contributed by atoms with E-state index in [0.717, 1.165) is 30.9 Å². The summed E-state index contributed by atoms with van der Waals surface area (Å²) in [4.78, 5) is 12.8. The standard InChI is InChI=1S/C14H21N3O3/c1-3-20-14-5-4-13(17(18)19)8-12(14)10-16-7-6-15-11(2)9-16/h4-5,8,11,15H,3,6-7,9-10H2,1-2H3. The van der Waals surface area contributed by atoms with Crippen molar-refractivity contribution in [1.82, 2.24) is 10.2 Å². The highest BCUT2D eigenvalue weighted by molar-refractivity contribution is 5.43. The van der Waals surface area contributed by atoms with Crippen LogP contribution in [0.2, 0.25) is 0 Å². The zero-order valence-electron chi connectivity index (χ0n) is 12.0. The molecule has 1 aromatic carbocycles. The zero-order valence-corrected chi connectivity index (χ0v) is 12.0. The number of piperazine rings is 1. The zero-order chi connectivity index (χ0) is 14.5. The lowest BCUT2D eigenvalue weighted by atomic mass is 10.1. The molecule has 1 aliphatic rings. The maximum absolute atomic E-state index is 10.9. The fraction of sp³-hybridized carbons (Fsp3) is 0.571. The van der Waals surface area contributed by atoms with E-state index in [9.17, 15) is 10.1 Å². The van der Waals surface area contributed by atoms with Gasteiger partial charge in [0.15, 0.2) is 0 Å². The van der Waals surface area contributed by atoms with Crippen LogP contribution in [0.15, 0.2) is 18.2 Å². The number of nitro benzene ring substituents is 1. The fourth-order valence-electron chi connectivity index (χ4n) is 2.50. The van der Waals surface area contributed by atoms with E-state index < -0.39 is 0 Å². The van der Waals surface area contributed by atoms with Crippen molar-refractivity contribution in [1.29, 1.82) is 0 Å². The molecule has 2 rings (SSSR count). The fourth-order valence-corrected chi connectivity index (χ4v) is 2.50. The van der Waals surface area contributed by atoms with Crippen molar-refractivity contribution < 1.29 is 9.66 Å². The molecule has 1 atom stereocenters. The van der Waals surface area contributed by atoms with Gasteiger partial charge in [-0.05, 0) is 19.9 Å². The molecule has 1 saturated heterocycles. The van der Waals surface area contributed by atoms with Gasteiger partial charge in [-0.15, -0.1) is 0 Å². The molecule has 1 N–H and O–H groups in total. The van der Waals surface area contributed by atoms with Gasteiger partial charge in [0.1, 0.15) is 5.75 Å². The maximum Gasteiger partial charge on any atom is 0.270 e. The largest absolute Gasteiger partial charge is 0.494 e. The first kappa shape index (κ1) is 14.7. The summed E-state index contributed by atoms with van der Waals surface area (Å²) in [5.41, 5.74) is 1.00. The van der Waals surface area contributed by atoms with Crippen molar-refractivity contribution in [3.05, 3.63) is 33.9 Å². The number of rotatable bonds is 5. The van der Waals surface area contributed by atoms with Crippen LogP contribution in [0.25, 0.3) is 0 Å². The lowest BCUT2D eigenvalue weighted by molar-refractivity contribution is -0.385. The molecule has 6 nitrogen and oxygen atoms in total. The van der Waals surface area contributed by atoms with Crippen LogP contribution in [0.5, 0.6) is 5.75 Å². The third-order valence-corrected chi connectivity index (χ3v) is 3.40. The molecule has 1 aromatic rings. The van der Waals surface area contributed by atoms with E-state index in [1.54, 1.807) is 12.1 Å². The van der Waals surface area contributed by atoms with Gasteiger partial charge in [0.05, 0.1) is 11.5 Å². The summed E-state index contributed by atoms with van der Waals surface area (Å²) < 4.78 is 5.58. The number of nitrogens with zero attached hydrogens (tertiary/aromatic N) is 2. The molecule has 0 saturated carbocycles. The highest BCUT2D eigenvalue weighted by Gasteiger charge is 2.19. The Kier molecular flexibility index (Phi) is 4.92. The Hall–Kier alpha value is -1.66. The number of benzene rings is 1. The van der Waals surface area contributed by atoms with Crippen molar-refractivity contribution in [2.24, 2.45) is 0 Å². The molecule has 0 amide bonds. The molecule has 1 fully saturated rings. The van der Waals surface area contributed by atoms with E-state index in [1.807, 2.05) is 6.92 Å². The molecular weight excluding hydrogens is 258 g/mol. The van der Waals surface area contributed by atoms with Crippen LogP contribution in [0, 0.1) is 10.1 Å². The van der Waals surface area contributed by atoms with E-state index in [4.69, 9.17) is 4.74 Å². The van der Waals surface area contributed by atoms with Crippen molar-refractivity contribution in [3.8, 4) is 5.75 Å². The van der Waals surface area contributed by atoms with Gasteiger partial charge in [-0.25, -0.2) is 0 Å². The molecule has 1 heterocycles.